The van der Waals surface area contributed by atoms with Crippen LogP contribution < -0.4 is 0 Å². The van der Waals surface area contributed by atoms with Crippen LogP contribution in [0.5, 0.6) is 0 Å². The van der Waals surface area contributed by atoms with E-state index in [1.165, 1.54) is 10.4 Å². The Bertz CT molecular complexity index is 1120. The largest absolute Gasteiger partial charge is 0.339 e. The fourth-order valence-electron chi connectivity index (χ4n) is 3.63. The number of sulfonamides is 1. The molecule has 7 nitrogen and oxygen atoms in total. The molecule has 0 unspecified atom stereocenters. The summed E-state index contributed by atoms with van der Waals surface area (Å²) in [6.07, 6.45) is 1.73. The summed E-state index contributed by atoms with van der Waals surface area (Å²) in [4.78, 5) is 16.6. The van der Waals surface area contributed by atoms with Crippen molar-refractivity contribution in [3.63, 3.8) is 0 Å². The maximum absolute atomic E-state index is 12.9. The van der Waals surface area contributed by atoms with Crippen molar-refractivity contribution < 1.29 is 13.2 Å². The Kier molecular flexibility index (Phi) is 8.04. The summed E-state index contributed by atoms with van der Waals surface area (Å²) >= 11 is 6.08. The fraction of sp³-hybridized carbons (Fsp3) is 0.304. The molecule has 1 saturated heterocycles. The lowest BCUT2D eigenvalue weighted by atomic mass is 10.1. The van der Waals surface area contributed by atoms with Gasteiger partial charge < -0.3 is 4.90 Å². The van der Waals surface area contributed by atoms with Crippen molar-refractivity contribution in [2.24, 2.45) is 0 Å². The van der Waals surface area contributed by atoms with Crippen LogP contribution in [-0.2, 0) is 21.4 Å². The predicted octanol–water partition coefficient (Wildman–Crippen LogP) is 2.73. The molecule has 168 valence electrons. The zero-order chi connectivity index (χ0) is 23.1. The summed E-state index contributed by atoms with van der Waals surface area (Å²) in [6, 6.07) is 15.8. The molecule has 32 heavy (non-hydrogen) atoms. The summed E-state index contributed by atoms with van der Waals surface area (Å²) in [5.41, 5.74) is 1.51. The smallest absolute Gasteiger partial charge is 0.244 e. The molecule has 2 aromatic carbocycles. The number of hydrogen-bond acceptors (Lipinski definition) is 5. The minimum absolute atomic E-state index is 0.0712. The number of nitriles is 1. The molecular weight excluding hydrogens is 448 g/mol. The van der Waals surface area contributed by atoms with Crippen molar-refractivity contribution in [2.45, 2.75) is 11.4 Å². The quantitative estimate of drug-likeness (QED) is 0.551. The summed E-state index contributed by atoms with van der Waals surface area (Å²) in [5, 5.41) is 9.27. The van der Waals surface area contributed by atoms with Crippen LogP contribution in [0.25, 0.3) is 0 Å². The van der Waals surface area contributed by atoms with E-state index in [-0.39, 0.29) is 35.5 Å². The second-order valence-electron chi connectivity index (χ2n) is 7.49. The van der Waals surface area contributed by atoms with E-state index in [4.69, 9.17) is 16.9 Å². The van der Waals surface area contributed by atoms with Gasteiger partial charge in [0.1, 0.15) is 4.90 Å². The van der Waals surface area contributed by atoms with Crippen LogP contribution in [-0.4, -0.2) is 67.7 Å². The van der Waals surface area contributed by atoms with Crippen molar-refractivity contribution in [2.75, 3.05) is 39.3 Å². The van der Waals surface area contributed by atoms with Crippen molar-refractivity contribution in [1.29, 1.82) is 5.26 Å². The zero-order valence-corrected chi connectivity index (χ0v) is 19.2. The van der Waals surface area contributed by atoms with Crippen LogP contribution in [0.1, 0.15) is 11.1 Å². The van der Waals surface area contributed by atoms with Crippen molar-refractivity contribution >= 4 is 27.5 Å². The summed E-state index contributed by atoms with van der Waals surface area (Å²) in [7, 11) is -3.71. The van der Waals surface area contributed by atoms with Gasteiger partial charge in [-0.15, -0.1) is 6.58 Å². The maximum atomic E-state index is 12.9. The highest BCUT2D eigenvalue weighted by atomic mass is 35.5. The SMILES string of the molecule is C=CCN(CC(=O)N1CCN(S(=O)(=O)c2ccccc2Cl)CC1)Cc1cccc(C#N)c1. The molecule has 0 aromatic heterocycles. The maximum Gasteiger partial charge on any atom is 0.244 e. The van der Waals surface area contributed by atoms with Gasteiger partial charge in [0.25, 0.3) is 0 Å². The van der Waals surface area contributed by atoms with Crippen LogP contribution in [0.15, 0.2) is 66.1 Å². The first-order chi connectivity index (χ1) is 15.3. The van der Waals surface area contributed by atoms with E-state index in [0.29, 0.717) is 31.7 Å². The summed E-state index contributed by atoms with van der Waals surface area (Å²) in [5.74, 6) is -0.0712. The molecule has 1 heterocycles. The lowest BCUT2D eigenvalue weighted by Crippen LogP contribution is -2.52. The highest BCUT2D eigenvalue weighted by Crippen LogP contribution is 2.25. The van der Waals surface area contributed by atoms with E-state index < -0.39 is 10.0 Å². The highest BCUT2D eigenvalue weighted by Gasteiger charge is 2.31. The van der Waals surface area contributed by atoms with Crippen LogP contribution >= 0.6 is 11.6 Å². The van der Waals surface area contributed by atoms with Gasteiger partial charge in [0.05, 0.1) is 23.2 Å². The number of piperazine rings is 1. The monoisotopic (exact) mass is 472 g/mol. The van der Waals surface area contributed by atoms with E-state index in [0.717, 1.165) is 5.56 Å². The average Bonchev–Trinajstić information content (AvgIpc) is 2.79. The number of carbonyl (C=O) groups is 1. The number of hydrogen-bond donors (Lipinski definition) is 0. The Morgan fingerprint density at radius 1 is 1.16 bits per heavy atom. The zero-order valence-electron chi connectivity index (χ0n) is 17.7. The van der Waals surface area contributed by atoms with E-state index in [2.05, 4.69) is 12.6 Å². The molecule has 0 saturated carbocycles. The molecule has 3 rings (SSSR count). The molecule has 0 N–H and O–H groups in total. The number of rotatable bonds is 8. The second kappa shape index (κ2) is 10.7. The molecule has 0 aliphatic carbocycles. The van der Waals surface area contributed by atoms with Crippen molar-refractivity contribution in [3.8, 4) is 6.07 Å². The van der Waals surface area contributed by atoms with Gasteiger partial charge in [0, 0.05) is 39.3 Å². The number of benzene rings is 2. The Labute approximate surface area is 194 Å². The number of halogens is 1. The van der Waals surface area contributed by atoms with Crippen LogP contribution in [0.3, 0.4) is 0 Å². The molecule has 9 heteroatoms. The molecule has 0 bridgehead atoms. The number of nitrogens with zero attached hydrogens (tertiary/aromatic N) is 4. The van der Waals surface area contributed by atoms with E-state index in [1.54, 1.807) is 41.3 Å². The topological polar surface area (TPSA) is 84.7 Å². The summed E-state index contributed by atoms with van der Waals surface area (Å²) < 4.78 is 27.2. The van der Waals surface area contributed by atoms with Gasteiger partial charge in [-0.1, -0.05) is 41.9 Å². The Morgan fingerprint density at radius 3 is 2.53 bits per heavy atom. The molecule has 1 fully saturated rings. The lowest BCUT2D eigenvalue weighted by molar-refractivity contribution is -0.133. The molecule has 1 amide bonds. The fourth-order valence-corrected chi connectivity index (χ4v) is 5.54. The Morgan fingerprint density at radius 2 is 1.88 bits per heavy atom. The molecule has 1 aliphatic heterocycles. The van der Waals surface area contributed by atoms with Crippen LogP contribution in [0.4, 0.5) is 0 Å². The molecule has 0 atom stereocenters. The van der Waals surface area contributed by atoms with Gasteiger partial charge in [-0.2, -0.15) is 9.57 Å². The van der Waals surface area contributed by atoms with Gasteiger partial charge in [0.2, 0.25) is 15.9 Å². The first-order valence-corrected chi connectivity index (χ1v) is 12.0. The van der Waals surface area contributed by atoms with Crippen molar-refractivity contribution in [3.05, 3.63) is 77.3 Å². The van der Waals surface area contributed by atoms with Gasteiger partial charge in [0.15, 0.2) is 0 Å². The molecule has 0 radical (unpaired) electrons. The third kappa shape index (κ3) is 5.75. The van der Waals surface area contributed by atoms with Gasteiger partial charge in [-0.3, -0.25) is 9.69 Å². The van der Waals surface area contributed by atoms with E-state index in [1.807, 2.05) is 17.0 Å². The summed E-state index contributed by atoms with van der Waals surface area (Å²) in [6.45, 7) is 6.03. The first-order valence-electron chi connectivity index (χ1n) is 10.2. The lowest BCUT2D eigenvalue weighted by Gasteiger charge is -2.35. The van der Waals surface area contributed by atoms with E-state index >= 15 is 0 Å². The van der Waals surface area contributed by atoms with E-state index in [9.17, 15) is 13.2 Å². The molecule has 2 aromatic rings. The van der Waals surface area contributed by atoms with Gasteiger partial charge >= 0.3 is 0 Å². The molecular formula is C23H25ClN4O3S. The molecule has 0 spiro atoms. The highest BCUT2D eigenvalue weighted by molar-refractivity contribution is 7.89. The predicted molar refractivity (Wildman–Crippen MR) is 123 cm³/mol. The van der Waals surface area contributed by atoms with Crippen molar-refractivity contribution in [1.82, 2.24) is 14.1 Å². The van der Waals surface area contributed by atoms with Gasteiger partial charge in [-0.05, 0) is 29.8 Å². The third-order valence-corrected chi connectivity index (χ3v) is 7.65. The Balaban J connectivity index is 1.60. The third-order valence-electron chi connectivity index (χ3n) is 5.25. The molecule has 1 aliphatic rings. The van der Waals surface area contributed by atoms with Crippen LogP contribution in [0.2, 0.25) is 5.02 Å². The van der Waals surface area contributed by atoms with Gasteiger partial charge in [-0.25, -0.2) is 8.42 Å². The average molecular weight is 473 g/mol. The first kappa shape index (κ1) is 24.0. The minimum Gasteiger partial charge on any atom is -0.339 e. The standard InChI is InChI=1S/C23H25ClN4O3S/c1-2-10-26(17-20-7-5-6-19(15-20)16-25)18-23(29)27-11-13-28(14-12-27)32(30,31)22-9-4-3-8-21(22)24/h2-9,15H,1,10-14,17-18H2. The number of carbonyl (C=O) groups excluding carboxylic acids is 1. The Hall–Kier alpha value is -2.70. The second-order valence-corrected chi connectivity index (χ2v) is 9.80. The van der Waals surface area contributed by atoms with Crippen LogP contribution in [0, 0.1) is 11.3 Å². The normalized spacial score (nSPS) is 14.8. The number of amides is 1. The minimum atomic E-state index is -3.71.